The van der Waals surface area contributed by atoms with Gasteiger partial charge in [0.2, 0.25) is 0 Å². The second kappa shape index (κ2) is 11.7. The van der Waals surface area contributed by atoms with E-state index in [2.05, 4.69) is 0 Å². The van der Waals surface area contributed by atoms with E-state index in [-0.39, 0.29) is 17.9 Å². The largest absolute Gasteiger partial charge is 0.507 e. The predicted molar refractivity (Wildman–Crippen MR) is 149 cm³/mol. The van der Waals surface area contributed by atoms with Gasteiger partial charge in [-0.3, -0.25) is 9.59 Å². The Morgan fingerprint density at radius 2 is 1.46 bits per heavy atom. The van der Waals surface area contributed by atoms with E-state index in [1.54, 1.807) is 30.3 Å². The summed E-state index contributed by atoms with van der Waals surface area (Å²) in [6, 6.07) is 32.2. The Hall–Kier alpha value is -4.84. The maximum absolute atomic E-state index is 13.4. The number of aliphatic hydroxyl groups is 1. The number of carbonyl (C=O) groups is 2. The van der Waals surface area contributed by atoms with Crippen molar-refractivity contribution in [2.45, 2.75) is 25.9 Å². The summed E-state index contributed by atoms with van der Waals surface area (Å²) in [7, 11) is 0. The van der Waals surface area contributed by atoms with Gasteiger partial charge in [-0.15, -0.1) is 0 Å². The fourth-order valence-electron chi connectivity index (χ4n) is 4.63. The van der Waals surface area contributed by atoms with Crippen molar-refractivity contribution in [2.24, 2.45) is 0 Å². The Morgan fingerprint density at radius 1 is 0.795 bits per heavy atom. The zero-order valence-corrected chi connectivity index (χ0v) is 21.6. The van der Waals surface area contributed by atoms with Gasteiger partial charge in [0.05, 0.1) is 18.2 Å². The number of ether oxygens (including phenoxy) is 2. The molecule has 4 aromatic carbocycles. The summed E-state index contributed by atoms with van der Waals surface area (Å²) in [5.41, 5.74) is 2.00. The van der Waals surface area contributed by atoms with Gasteiger partial charge >= 0.3 is 0 Å². The highest BCUT2D eigenvalue weighted by molar-refractivity contribution is 6.46. The maximum Gasteiger partial charge on any atom is 0.295 e. The fraction of sp³-hybridized carbons (Fsp3) is 0.152. The maximum atomic E-state index is 13.4. The Kier molecular flexibility index (Phi) is 7.73. The highest BCUT2D eigenvalue weighted by atomic mass is 16.5. The molecule has 0 radical (unpaired) electrons. The van der Waals surface area contributed by atoms with Gasteiger partial charge in [-0.2, -0.15) is 0 Å². The molecule has 1 unspecified atom stereocenters. The number of aliphatic hydroxyl groups excluding tert-OH is 1. The Morgan fingerprint density at radius 3 is 2.15 bits per heavy atom. The monoisotopic (exact) mass is 519 g/mol. The van der Waals surface area contributed by atoms with Crippen LogP contribution in [0.15, 0.2) is 115 Å². The van der Waals surface area contributed by atoms with Crippen molar-refractivity contribution in [3.05, 3.63) is 131 Å². The minimum Gasteiger partial charge on any atom is -0.507 e. The Labute approximate surface area is 227 Å². The van der Waals surface area contributed by atoms with E-state index in [4.69, 9.17) is 9.47 Å². The van der Waals surface area contributed by atoms with Gasteiger partial charge in [-0.05, 0) is 66.1 Å². The third-order valence-electron chi connectivity index (χ3n) is 6.49. The molecule has 1 atom stereocenters. The zero-order valence-electron chi connectivity index (χ0n) is 21.6. The van der Waals surface area contributed by atoms with Crippen LogP contribution in [0.3, 0.4) is 0 Å². The van der Waals surface area contributed by atoms with E-state index in [1.165, 1.54) is 4.90 Å². The molecule has 1 amide bonds. The minimum atomic E-state index is -0.805. The van der Waals surface area contributed by atoms with Crippen molar-refractivity contribution < 1.29 is 24.2 Å². The van der Waals surface area contributed by atoms with Crippen molar-refractivity contribution in [3.8, 4) is 17.2 Å². The second-order valence-corrected chi connectivity index (χ2v) is 9.27. The number of likely N-dealkylation sites (tertiary alicyclic amines) is 1. The molecule has 1 heterocycles. The van der Waals surface area contributed by atoms with Crippen LogP contribution in [0.1, 0.15) is 36.1 Å². The molecule has 0 aliphatic carbocycles. The van der Waals surface area contributed by atoms with Crippen molar-refractivity contribution in [3.63, 3.8) is 0 Å². The average molecular weight is 520 g/mol. The number of Topliss-reactive ketones (excluding diaryl/α,β-unsaturated/α-hetero) is 1. The number of hydrogen-bond donors (Lipinski definition) is 1. The summed E-state index contributed by atoms with van der Waals surface area (Å²) in [5.74, 6) is 0.266. The molecule has 1 aliphatic rings. The first-order valence-corrected chi connectivity index (χ1v) is 12.9. The quantitative estimate of drug-likeness (QED) is 0.148. The lowest BCUT2D eigenvalue weighted by molar-refractivity contribution is -0.140. The third kappa shape index (κ3) is 5.70. The van der Waals surface area contributed by atoms with E-state index >= 15 is 0 Å². The second-order valence-electron chi connectivity index (χ2n) is 9.27. The summed E-state index contributed by atoms with van der Waals surface area (Å²) in [6.07, 6.45) is 0.875. The van der Waals surface area contributed by atoms with E-state index in [9.17, 15) is 14.7 Å². The van der Waals surface area contributed by atoms with Crippen LogP contribution >= 0.6 is 0 Å². The molecular weight excluding hydrogens is 490 g/mol. The summed E-state index contributed by atoms with van der Waals surface area (Å²) in [5, 5.41) is 11.4. The van der Waals surface area contributed by atoms with Crippen LogP contribution < -0.4 is 9.47 Å². The van der Waals surface area contributed by atoms with Gasteiger partial charge in [0.25, 0.3) is 11.7 Å². The van der Waals surface area contributed by atoms with Gasteiger partial charge in [0.15, 0.2) is 0 Å². The smallest absolute Gasteiger partial charge is 0.295 e. The molecule has 0 saturated carbocycles. The molecule has 1 aliphatic heterocycles. The van der Waals surface area contributed by atoms with Gasteiger partial charge in [-0.25, -0.2) is 0 Å². The molecular formula is C33H29NO5. The molecule has 1 saturated heterocycles. The molecule has 5 rings (SSSR count). The highest BCUT2D eigenvalue weighted by Gasteiger charge is 2.46. The molecule has 0 aromatic heterocycles. The minimum absolute atomic E-state index is 0.0371. The summed E-state index contributed by atoms with van der Waals surface area (Å²) in [6.45, 7) is 2.81. The van der Waals surface area contributed by atoms with E-state index in [0.717, 1.165) is 12.0 Å². The standard InChI is InChI=1S/C33H29NO5/c1-2-20-38-26-18-16-24(17-19-26)31(35)29-30(34(33(37)32(29)36)22-23-10-5-3-6-11-23)25-12-9-15-28(21-25)39-27-13-7-4-8-14-27/h3-19,21,30,35H,2,20,22H2,1H3. The lowest BCUT2D eigenvalue weighted by atomic mass is 9.95. The summed E-state index contributed by atoms with van der Waals surface area (Å²) >= 11 is 0. The molecule has 4 aromatic rings. The molecule has 6 nitrogen and oxygen atoms in total. The first kappa shape index (κ1) is 25.8. The van der Waals surface area contributed by atoms with Crippen molar-refractivity contribution in [1.29, 1.82) is 0 Å². The van der Waals surface area contributed by atoms with Crippen LogP contribution in [0.4, 0.5) is 0 Å². The zero-order chi connectivity index (χ0) is 27.2. The van der Waals surface area contributed by atoms with Gasteiger partial charge < -0.3 is 19.5 Å². The third-order valence-corrected chi connectivity index (χ3v) is 6.49. The molecule has 39 heavy (non-hydrogen) atoms. The first-order valence-electron chi connectivity index (χ1n) is 12.9. The lowest BCUT2D eigenvalue weighted by Crippen LogP contribution is -2.29. The number of carbonyl (C=O) groups excluding carboxylic acids is 2. The predicted octanol–water partition coefficient (Wildman–Crippen LogP) is 6.89. The van der Waals surface area contributed by atoms with Crippen molar-refractivity contribution in [2.75, 3.05) is 6.61 Å². The van der Waals surface area contributed by atoms with Crippen LogP contribution in [0.25, 0.3) is 5.76 Å². The van der Waals surface area contributed by atoms with E-state index in [0.29, 0.717) is 35.0 Å². The highest BCUT2D eigenvalue weighted by Crippen LogP contribution is 2.41. The van der Waals surface area contributed by atoms with Crippen LogP contribution in [0, 0.1) is 0 Å². The van der Waals surface area contributed by atoms with Gasteiger partial charge in [0.1, 0.15) is 23.0 Å². The summed E-state index contributed by atoms with van der Waals surface area (Å²) in [4.78, 5) is 28.3. The Balaban J connectivity index is 1.57. The average Bonchev–Trinajstić information content (AvgIpc) is 3.22. The SMILES string of the molecule is CCCOc1ccc(C(O)=C2C(=O)C(=O)N(Cc3ccccc3)C2c2cccc(Oc3ccccc3)c2)cc1. The van der Waals surface area contributed by atoms with Crippen LogP contribution in [0.2, 0.25) is 0 Å². The van der Waals surface area contributed by atoms with Crippen molar-refractivity contribution >= 4 is 17.4 Å². The molecule has 1 fully saturated rings. The first-order chi connectivity index (χ1) is 19.0. The molecule has 1 N–H and O–H groups in total. The number of nitrogens with zero attached hydrogens (tertiary/aromatic N) is 1. The number of ketones is 1. The lowest BCUT2D eigenvalue weighted by Gasteiger charge is -2.26. The topological polar surface area (TPSA) is 76.1 Å². The normalized spacial score (nSPS) is 16.3. The van der Waals surface area contributed by atoms with Crippen LogP contribution in [-0.2, 0) is 16.1 Å². The number of amides is 1. The van der Waals surface area contributed by atoms with E-state index < -0.39 is 17.7 Å². The number of hydrogen-bond acceptors (Lipinski definition) is 5. The fourth-order valence-corrected chi connectivity index (χ4v) is 4.63. The van der Waals surface area contributed by atoms with Crippen LogP contribution in [-0.4, -0.2) is 28.3 Å². The number of para-hydroxylation sites is 1. The molecule has 6 heteroatoms. The van der Waals surface area contributed by atoms with E-state index in [1.807, 2.05) is 85.8 Å². The van der Waals surface area contributed by atoms with Crippen molar-refractivity contribution in [1.82, 2.24) is 4.90 Å². The molecule has 0 bridgehead atoms. The molecule has 0 spiro atoms. The summed E-state index contributed by atoms with van der Waals surface area (Å²) < 4.78 is 11.7. The van der Waals surface area contributed by atoms with Gasteiger partial charge in [0, 0.05) is 12.1 Å². The van der Waals surface area contributed by atoms with Gasteiger partial charge in [-0.1, -0.05) is 67.6 Å². The number of benzene rings is 4. The van der Waals surface area contributed by atoms with Crippen LogP contribution in [0.5, 0.6) is 17.2 Å². The Bertz CT molecular complexity index is 1480. The number of rotatable bonds is 9. The molecule has 196 valence electrons.